The molecule has 0 unspecified atom stereocenters. The molecule has 5 nitrogen and oxygen atoms in total. The van der Waals surface area contributed by atoms with E-state index in [1.807, 2.05) is 13.8 Å². The van der Waals surface area contributed by atoms with Crippen molar-refractivity contribution in [2.45, 2.75) is 24.7 Å². The lowest BCUT2D eigenvalue weighted by molar-refractivity contribution is 0.483. The lowest BCUT2D eigenvalue weighted by Crippen LogP contribution is -2.11. The molecule has 0 bridgehead atoms. The van der Waals surface area contributed by atoms with E-state index in [2.05, 4.69) is 5.43 Å². The van der Waals surface area contributed by atoms with Crippen molar-refractivity contribution in [3.63, 3.8) is 0 Å². The van der Waals surface area contributed by atoms with Crippen molar-refractivity contribution in [3.8, 4) is 0 Å². The molecule has 0 radical (unpaired) electrons. The van der Waals surface area contributed by atoms with Gasteiger partial charge in [0.15, 0.2) is 0 Å². The van der Waals surface area contributed by atoms with Crippen LogP contribution in [0.4, 0.5) is 5.69 Å². The van der Waals surface area contributed by atoms with Gasteiger partial charge in [0, 0.05) is 0 Å². The molecule has 0 atom stereocenters. The van der Waals surface area contributed by atoms with Crippen LogP contribution in [-0.4, -0.2) is 13.0 Å². The first kappa shape index (κ1) is 12.0. The predicted molar refractivity (Wildman–Crippen MR) is 58.2 cm³/mol. The van der Waals surface area contributed by atoms with E-state index in [4.69, 9.17) is 10.4 Å². The van der Waals surface area contributed by atoms with Gasteiger partial charge in [0.2, 0.25) is 0 Å². The molecule has 1 aromatic carbocycles. The van der Waals surface area contributed by atoms with Crippen molar-refractivity contribution in [1.82, 2.24) is 0 Å². The average molecular weight is 230 g/mol. The van der Waals surface area contributed by atoms with Crippen LogP contribution in [0.3, 0.4) is 0 Å². The van der Waals surface area contributed by atoms with Gasteiger partial charge in [-0.3, -0.25) is 10.4 Å². The van der Waals surface area contributed by atoms with Gasteiger partial charge in [-0.2, -0.15) is 8.42 Å². The van der Waals surface area contributed by atoms with Crippen molar-refractivity contribution in [3.05, 3.63) is 23.8 Å². The lowest BCUT2D eigenvalue weighted by atomic mass is 10.0. The van der Waals surface area contributed by atoms with Crippen LogP contribution in [0.5, 0.6) is 0 Å². The Bertz CT molecular complexity index is 454. The summed E-state index contributed by atoms with van der Waals surface area (Å²) >= 11 is 0. The topological polar surface area (TPSA) is 92.4 Å². The van der Waals surface area contributed by atoms with E-state index < -0.39 is 10.1 Å². The van der Waals surface area contributed by atoms with Gasteiger partial charge in [0.25, 0.3) is 10.1 Å². The molecule has 0 saturated carbocycles. The molecule has 0 saturated heterocycles. The molecule has 15 heavy (non-hydrogen) atoms. The monoisotopic (exact) mass is 230 g/mol. The van der Waals surface area contributed by atoms with E-state index in [9.17, 15) is 8.42 Å². The van der Waals surface area contributed by atoms with Crippen LogP contribution in [0.15, 0.2) is 23.1 Å². The molecular weight excluding hydrogens is 216 g/mol. The second kappa shape index (κ2) is 4.18. The Kier molecular flexibility index (Phi) is 3.33. The molecule has 1 aromatic rings. The summed E-state index contributed by atoms with van der Waals surface area (Å²) in [6.07, 6.45) is 0. The van der Waals surface area contributed by atoms with Gasteiger partial charge in [-0.1, -0.05) is 13.8 Å². The molecular formula is C9H14N2O3S. The Morgan fingerprint density at radius 3 is 2.40 bits per heavy atom. The van der Waals surface area contributed by atoms with Gasteiger partial charge in [-0.25, -0.2) is 0 Å². The summed E-state index contributed by atoms with van der Waals surface area (Å²) in [5, 5.41) is 0. The predicted octanol–water partition coefficient (Wildman–Crippen LogP) is 1.34. The Balaban J connectivity index is 3.35. The smallest absolute Gasteiger partial charge is 0.294 e. The first-order chi connectivity index (χ1) is 6.86. The van der Waals surface area contributed by atoms with Gasteiger partial charge in [-0.05, 0) is 29.7 Å². The fourth-order valence-electron chi connectivity index (χ4n) is 1.31. The van der Waals surface area contributed by atoms with Gasteiger partial charge in [0.1, 0.15) is 0 Å². The van der Waals surface area contributed by atoms with Gasteiger partial charge >= 0.3 is 0 Å². The van der Waals surface area contributed by atoms with Gasteiger partial charge in [-0.15, -0.1) is 0 Å². The normalized spacial score (nSPS) is 11.8. The number of hydrazine groups is 1. The highest BCUT2D eigenvalue weighted by atomic mass is 32.2. The third kappa shape index (κ3) is 2.68. The van der Waals surface area contributed by atoms with Crippen LogP contribution < -0.4 is 11.3 Å². The average Bonchev–Trinajstić information content (AvgIpc) is 2.15. The molecule has 6 heteroatoms. The second-order valence-corrected chi connectivity index (χ2v) is 4.94. The summed E-state index contributed by atoms with van der Waals surface area (Å²) in [6, 6.07) is 4.24. The van der Waals surface area contributed by atoms with Crippen LogP contribution in [-0.2, 0) is 10.1 Å². The van der Waals surface area contributed by atoms with Crippen LogP contribution in [0, 0.1) is 0 Å². The zero-order chi connectivity index (χ0) is 11.6. The zero-order valence-corrected chi connectivity index (χ0v) is 9.38. The fourth-order valence-corrected chi connectivity index (χ4v) is 1.83. The highest BCUT2D eigenvalue weighted by Crippen LogP contribution is 2.26. The minimum atomic E-state index is -4.15. The van der Waals surface area contributed by atoms with E-state index in [-0.39, 0.29) is 10.8 Å². The minimum Gasteiger partial charge on any atom is -0.324 e. The maximum absolute atomic E-state index is 10.9. The molecule has 1 rings (SSSR count). The SMILES string of the molecule is CC(C)c1cc(S(=O)(=O)O)ccc1NN. The number of hydrogen-bond donors (Lipinski definition) is 3. The van der Waals surface area contributed by atoms with E-state index in [0.29, 0.717) is 5.69 Å². The Hall–Kier alpha value is -1.11. The zero-order valence-electron chi connectivity index (χ0n) is 8.56. The van der Waals surface area contributed by atoms with Crippen molar-refractivity contribution in [1.29, 1.82) is 0 Å². The summed E-state index contributed by atoms with van der Waals surface area (Å²) in [6.45, 7) is 3.81. The van der Waals surface area contributed by atoms with Crippen LogP contribution in [0.1, 0.15) is 25.3 Å². The quantitative estimate of drug-likeness (QED) is 0.414. The highest BCUT2D eigenvalue weighted by molar-refractivity contribution is 7.85. The summed E-state index contributed by atoms with van der Waals surface area (Å²) in [5.74, 6) is 5.39. The number of nitrogens with two attached hydrogens (primary N) is 1. The summed E-state index contributed by atoms with van der Waals surface area (Å²) in [7, 11) is -4.15. The Labute approximate surface area is 89.0 Å². The van der Waals surface area contributed by atoms with Crippen molar-refractivity contribution in [2.75, 3.05) is 5.43 Å². The molecule has 0 aromatic heterocycles. The first-order valence-electron chi connectivity index (χ1n) is 4.44. The first-order valence-corrected chi connectivity index (χ1v) is 5.88. The number of nitrogens with one attached hydrogen (secondary N) is 1. The van der Waals surface area contributed by atoms with Gasteiger partial charge < -0.3 is 5.43 Å². The van der Waals surface area contributed by atoms with Crippen molar-refractivity contribution in [2.24, 2.45) is 5.84 Å². The van der Waals surface area contributed by atoms with E-state index in [1.54, 1.807) is 0 Å². The maximum atomic E-state index is 10.9. The minimum absolute atomic E-state index is 0.109. The molecule has 0 heterocycles. The summed E-state index contributed by atoms with van der Waals surface area (Å²) < 4.78 is 30.7. The number of rotatable bonds is 3. The Morgan fingerprint density at radius 1 is 1.40 bits per heavy atom. The molecule has 0 aliphatic carbocycles. The maximum Gasteiger partial charge on any atom is 0.294 e. The summed E-state index contributed by atoms with van der Waals surface area (Å²) in [5.41, 5.74) is 3.87. The van der Waals surface area contributed by atoms with Crippen LogP contribution >= 0.6 is 0 Å². The van der Waals surface area contributed by atoms with Gasteiger partial charge in [0.05, 0.1) is 10.6 Å². The molecule has 0 amide bonds. The highest BCUT2D eigenvalue weighted by Gasteiger charge is 2.13. The number of anilines is 1. The second-order valence-electron chi connectivity index (χ2n) is 3.52. The van der Waals surface area contributed by atoms with E-state index in [0.717, 1.165) is 5.56 Å². The standard InChI is InChI=1S/C9H14N2O3S/c1-6(2)8-5-7(15(12,13)14)3-4-9(8)11-10/h3-6,11H,10H2,1-2H3,(H,12,13,14). The van der Waals surface area contributed by atoms with E-state index >= 15 is 0 Å². The molecule has 0 spiro atoms. The number of hydrogen-bond acceptors (Lipinski definition) is 4. The van der Waals surface area contributed by atoms with Crippen molar-refractivity contribution < 1.29 is 13.0 Å². The van der Waals surface area contributed by atoms with Crippen LogP contribution in [0.2, 0.25) is 0 Å². The largest absolute Gasteiger partial charge is 0.324 e. The molecule has 4 N–H and O–H groups in total. The number of nitrogen functional groups attached to an aromatic ring is 1. The lowest BCUT2D eigenvalue weighted by Gasteiger charge is -2.12. The Morgan fingerprint density at radius 2 is 2.00 bits per heavy atom. The fraction of sp³-hybridized carbons (Fsp3) is 0.333. The van der Waals surface area contributed by atoms with Crippen LogP contribution in [0.25, 0.3) is 0 Å². The third-order valence-electron chi connectivity index (χ3n) is 2.10. The molecule has 0 aliphatic heterocycles. The number of benzene rings is 1. The van der Waals surface area contributed by atoms with Crippen molar-refractivity contribution >= 4 is 15.8 Å². The molecule has 0 fully saturated rings. The third-order valence-corrected chi connectivity index (χ3v) is 2.95. The molecule has 0 aliphatic rings. The molecule has 84 valence electrons. The summed E-state index contributed by atoms with van der Waals surface area (Å²) in [4.78, 5) is -0.120. The van der Waals surface area contributed by atoms with E-state index in [1.165, 1.54) is 18.2 Å².